The van der Waals surface area contributed by atoms with Crippen LogP contribution in [0.5, 0.6) is 28.7 Å². The van der Waals surface area contributed by atoms with E-state index in [1.54, 1.807) is 44.4 Å². The number of hydrogen-bond acceptors (Lipinski definition) is 11. The fourth-order valence-corrected chi connectivity index (χ4v) is 8.21. The highest BCUT2D eigenvalue weighted by atomic mass is 32.1. The molecule has 300 valence electrons. The normalized spacial score (nSPS) is 19.2. The highest BCUT2D eigenvalue weighted by Crippen LogP contribution is 2.41. The zero-order chi connectivity index (χ0) is 40.2. The molecular formula is C45H47N5O7S. The number of amides is 2. The number of carbonyl (C=O) groups is 2. The van der Waals surface area contributed by atoms with Crippen molar-refractivity contribution in [2.75, 3.05) is 52.4 Å². The second-order valence-electron chi connectivity index (χ2n) is 14.9. The Labute approximate surface area is 344 Å². The summed E-state index contributed by atoms with van der Waals surface area (Å²) in [7, 11) is 4.79. The largest absolute Gasteiger partial charge is 0.497 e. The van der Waals surface area contributed by atoms with Gasteiger partial charge < -0.3 is 38.2 Å². The van der Waals surface area contributed by atoms with Crippen LogP contribution in [-0.4, -0.2) is 87.7 Å². The molecule has 8 rings (SSSR count). The number of thiol groups is 1. The number of piperidine rings is 1. The SMILES string of the molecule is COc1ccc(C2=CN3C(=O)c4cc(OC)c(OCCCCCOc5cc6c(cc5OC)C(=O)N5CC(c7ccc(NS)cc7)C[C@H](C=N6)C5)cc4N=C[C@@H]3C2)cc1. The summed E-state index contributed by atoms with van der Waals surface area (Å²) in [5.74, 6) is 3.01. The topological polar surface area (TPSA) is 124 Å². The van der Waals surface area contributed by atoms with E-state index in [-0.39, 0.29) is 29.7 Å². The lowest BCUT2D eigenvalue weighted by molar-refractivity contribution is 0.0682. The van der Waals surface area contributed by atoms with Gasteiger partial charge in [-0.25, -0.2) is 0 Å². The Morgan fingerprint density at radius 3 is 1.98 bits per heavy atom. The van der Waals surface area contributed by atoms with E-state index in [1.807, 2.05) is 66.0 Å². The van der Waals surface area contributed by atoms with E-state index in [1.165, 1.54) is 5.56 Å². The summed E-state index contributed by atoms with van der Waals surface area (Å²) >= 11 is 4.14. The lowest BCUT2D eigenvalue weighted by Crippen LogP contribution is -2.44. The molecule has 1 saturated heterocycles. The lowest BCUT2D eigenvalue weighted by Gasteiger charge is -2.38. The van der Waals surface area contributed by atoms with Crippen LogP contribution >= 0.6 is 12.8 Å². The first kappa shape index (κ1) is 38.9. The number of anilines is 1. The first-order chi connectivity index (χ1) is 28.3. The smallest absolute Gasteiger partial charge is 0.260 e. The van der Waals surface area contributed by atoms with E-state index in [0.29, 0.717) is 78.2 Å². The van der Waals surface area contributed by atoms with Gasteiger partial charge in [0.05, 0.1) is 63.1 Å². The second kappa shape index (κ2) is 17.3. The van der Waals surface area contributed by atoms with Gasteiger partial charge in [0.2, 0.25) is 0 Å². The number of ether oxygens (including phenoxy) is 5. The molecule has 4 aromatic rings. The zero-order valence-corrected chi connectivity index (χ0v) is 33.7. The summed E-state index contributed by atoms with van der Waals surface area (Å²) < 4.78 is 31.9. The Kier molecular flexibility index (Phi) is 11.6. The molecule has 58 heavy (non-hydrogen) atoms. The van der Waals surface area contributed by atoms with Gasteiger partial charge in [-0.2, -0.15) is 0 Å². The van der Waals surface area contributed by atoms with E-state index in [4.69, 9.17) is 33.7 Å². The first-order valence-electron chi connectivity index (χ1n) is 19.6. The van der Waals surface area contributed by atoms with E-state index >= 15 is 0 Å². The quantitative estimate of drug-likeness (QED) is 0.0962. The molecule has 12 nitrogen and oxygen atoms in total. The van der Waals surface area contributed by atoms with Gasteiger partial charge in [0.25, 0.3) is 11.8 Å². The molecule has 2 bridgehead atoms. The van der Waals surface area contributed by atoms with Crippen LogP contribution in [-0.2, 0) is 0 Å². The summed E-state index contributed by atoms with van der Waals surface area (Å²) in [6.07, 6.45) is 9.70. The fraction of sp³-hybridized carbons (Fsp3) is 0.333. The molecule has 2 amide bonds. The average molecular weight is 802 g/mol. The molecule has 0 saturated carbocycles. The molecule has 0 aromatic heterocycles. The highest BCUT2D eigenvalue weighted by Gasteiger charge is 2.35. The molecule has 0 spiro atoms. The van der Waals surface area contributed by atoms with Crippen molar-refractivity contribution >= 4 is 59.7 Å². The van der Waals surface area contributed by atoms with Gasteiger partial charge >= 0.3 is 0 Å². The van der Waals surface area contributed by atoms with Gasteiger partial charge in [0, 0.05) is 67.8 Å². The van der Waals surface area contributed by atoms with Crippen LogP contribution < -0.4 is 28.4 Å². The Morgan fingerprint density at radius 1 is 0.724 bits per heavy atom. The van der Waals surface area contributed by atoms with Crippen LogP contribution in [0.2, 0.25) is 0 Å². The standard InChI is InChI=1S/C45H47N5O7S/c1-53-35-13-9-30(10-14-35)32-18-34-24-47-39-22-43(41(55-3)20-37(39)45(52)50(34)27-32)57-16-6-4-5-15-56-42-21-38-36(19-40(42)54-2)44(51)49-25-28(23-46-38)17-31(26-49)29-7-11-33(48-58)12-8-29/h7-14,19-24,27-28,31,34,48,58H,4-6,15-18,25-26H2,1-3H3/t28-,31?,34+/m1/s1. The average Bonchev–Trinajstić information content (AvgIpc) is 3.65. The number of nitrogens with zero attached hydrogens (tertiary/aromatic N) is 4. The van der Waals surface area contributed by atoms with Crippen molar-refractivity contribution < 1.29 is 33.3 Å². The maximum absolute atomic E-state index is 13.9. The summed E-state index contributed by atoms with van der Waals surface area (Å²) in [5, 5.41) is 0. The number of unbranched alkanes of at least 4 members (excludes halogenated alkanes) is 2. The van der Waals surface area contributed by atoms with E-state index < -0.39 is 0 Å². The predicted molar refractivity (Wildman–Crippen MR) is 228 cm³/mol. The number of carbonyl (C=O) groups excluding carboxylic acids is 2. The van der Waals surface area contributed by atoms with E-state index in [2.05, 4.69) is 29.7 Å². The summed E-state index contributed by atoms with van der Waals surface area (Å²) in [5.41, 5.74) is 6.33. The molecule has 0 aliphatic carbocycles. The first-order valence-corrected chi connectivity index (χ1v) is 20.1. The molecular weight excluding hydrogens is 755 g/mol. The molecule has 4 aliphatic rings. The van der Waals surface area contributed by atoms with Crippen LogP contribution in [0.3, 0.4) is 0 Å². The lowest BCUT2D eigenvalue weighted by atomic mass is 9.84. The van der Waals surface area contributed by atoms with Crippen LogP contribution in [0.15, 0.2) is 89.0 Å². The number of aliphatic imine (C=N–C) groups is 2. The van der Waals surface area contributed by atoms with Crippen LogP contribution in [0.4, 0.5) is 17.1 Å². The molecule has 4 aliphatic heterocycles. The van der Waals surface area contributed by atoms with Crippen LogP contribution in [0.25, 0.3) is 5.57 Å². The minimum absolute atomic E-state index is 0.0543. The third-order valence-corrected chi connectivity index (χ3v) is 11.5. The summed E-state index contributed by atoms with van der Waals surface area (Å²) in [6, 6.07) is 22.9. The van der Waals surface area contributed by atoms with E-state index in [9.17, 15) is 9.59 Å². The predicted octanol–water partition coefficient (Wildman–Crippen LogP) is 8.53. The Hall–Kier alpha value is -5.95. The maximum atomic E-state index is 13.9. The van der Waals surface area contributed by atoms with Gasteiger partial charge in [0.15, 0.2) is 23.0 Å². The van der Waals surface area contributed by atoms with Crippen molar-refractivity contribution in [2.45, 2.75) is 44.1 Å². The molecule has 3 atom stereocenters. The Balaban J connectivity index is 0.849. The number of nitrogens with one attached hydrogen (secondary N) is 1. The Morgan fingerprint density at radius 2 is 1.36 bits per heavy atom. The van der Waals surface area contributed by atoms with Gasteiger partial charge in [0.1, 0.15) is 5.75 Å². The monoisotopic (exact) mass is 801 g/mol. The van der Waals surface area contributed by atoms with Crippen molar-refractivity contribution in [1.29, 1.82) is 0 Å². The molecule has 4 heterocycles. The van der Waals surface area contributed by atoms with Crippen molar-refractivity contribution in [3.8, 4) is 28.7 Å². The molecule has 13 heteroatoms. The third kappa shape index (κ3) is 8.08. The molecule has 1 unspecified atom stereocenters. The number of rotatable bonds is 14. The molecule has 1 N–H and O–H groups in total. The number of fused-ring (bicyclic) bond motifs is 5. The van der Waals surface area contributed by atoms with E-state index in [0.717, 1.165) is 48.3 Å². The van der Waals surface area contributed by atoms with Gasteiger partial charge in [-0.3, -0.25) is 19.6 Å². The minimum atomic E-state index is -0.183. The Bertz CT molecular complexity index is 2260. The van der Waals surface area contributed by atoms with Gasteiger partial charge in [-0.05, 0) is 78.8 Å². The van der Waals surface area contributed by atoms with Crippen molar-refractivity contribution in [1.82, 2.24) is 9.80 Å². The van der Waals surface area contributed by atoms with Gasteiger partial charge in [-0.1, -0.05) is 37.1 Å². The zero-order valence-electron chi connectivity index (χ0n) is 32.9. The highest BCUT2D eigenvalue weighted by molar-refractivity contribution is 7.81. The molecule has 4 aromatic carbocycles. The van der Waals surface area contributed by atoms with Crippen molar-refractivity contribution in [2.24, 2.45) is 15.9 Å². The fourth-order valence-electron chi connectivity index (χ4n) is 8.06. The number of methoxy groups -OCH3 is 3. The number of benzene rings is 4. The van der Waals surface area contributed by atoms with Crippen molar-refractivity contribution in [3.63, 3.8) is 0 Å². The second-order valence-corrected chi connectivity index (χ2v) is 15.1. The summed E-state index contributed by atoms with van der Waals surface area (Å²) in [6.45, 7) is 2.18. The van der Waals surface area contributed by atoms with Crippen LogP contribution in [0, 0.1) is 5.92 Å². The van der Waals surface area contributed by atoms with Gasteiger partial charge in [-0.15, -0.1) is 0 Å². The third-order valence-electron chi connectivity index (χ3n) is 11.2. The minimum Gasteiger partial charge on any atom is -0.497 e. The summed E-state index contributed by atoms with van der Waals surface area (Å²) in [4.78, 5) is 40.8. The molecule has 0 radical (unpaired) electrons. The van der Waals surface area contributed by atoms with Crippen molar-refractivity contribution in [3.05, 3.63) is 101 Å². The maximum Gasteiger partial charge on any atom is 0.260 e. The van der Waals surface area contributed by atoms with Crippen LogP contribution in [0.1, 0.15) is 69.9 Å². The molecule has 1 fully saturated rings. The number of hydrogen-bond donors (Lipinski definition) is 2.